The van der Waals surface area contributed by atoms with E-state index >= 15 is 0 Å². The van der Waals surface area contributed by atoms with Crippen LogP contribution in [0.3, 0.4) is 0 Å². The second kappa shape index (κ2) is 4.06. The molecule has 2 rings (SSSR count). The third kappa shape index (κ3) is 2.21. The molecule has 0 radical (unpaired) electrons. The molecule has 2 atom stereocenters. The summed E-state index contributed by atoms with van der Waals surface area (Å²) in [7, 11) is 0. The Hall–Kier alpha value is -0.0800. The predicted molar refractivity (Wildman–Crippen MR) is 65.1 cm³/mol. The topological polar surface area (TPSA) is 6.48 Å². The highest BCUT2D eigenvalue weighted by molar-refractivity contribution is 4.98. The van der Waals surface area contributed by atoms with E-state index in [1.165, 1.54) is 38.9 Å². The van der Waals surface area contributed by atoms with Gasteiger partial charge in [-0.2, -0.15) is 0 Å². The molecule has 0 spiro atoms. The SMILES string of the molecule is CCCN1C2CCC1CN(C(C)(C)C)C2. The van der Waals surface area contributed by atoms with Crippen molar-refractivity contribution in [3.05, 3.63) is 0 Å². The number of rotatable bonds is 2. The van der Waals surface area contributed by atoms with Gasteiger partial charge in [-0.1, -0.05) is 6.92 Å². The van der Waals surface area contributed by atoms with Crippen LogP contribution in [0.15, 0.2) is 0 Å². The molecule has 0 saturated carbocycles. The molecular formula is C13H26N2. The second-order valence-corrected chi connectivity index (χ2v) is 6.20. The van der Waals surface area contributed by atoms with Crippen LogP contribution in [0.4, 0.5) is 0 Å². The van der Waals surface area contributed by atoms with Crippen LogP contribution in [0.5, 0.6) is 0 Å². The molecule has 2 bridgehead atoms. The largest absolute Gasteiger partial charge is 0.295 e. The molecule has 0 aromatic heterocycles. The molecule has 0 aliphatic carbocycles. The van der Waals surface area contributed by atoms with E-state index in [4.69, 9.17) is 0 Å². The number of hydrogen-bond donors (Lipinski definition) is 0. The minimum absolute atomic E-state index is 0.360. The minimum Gasteiger partial charge on any atom is -0.295 e. The summed E-state index contributed by atoms with van der Waals surface area (Å²) in [6.07, 6.45) is 4.16. The van der Waals surface area contributed by atoms with Gasteiger partial charge < -0.3 is 0 Å². The van der Waals surface area contributed by atoms with Crippen molar-refractivity contribution in [2.75, 3.05) is 19.6 Å². The van der Waals surface area contributed by atoms with Gasteiger partial charge in [0.1, 0.15) is 0 Å². The normalized spacial score (nSPS) is 33.6. The summed E-state index contributed by atoms with van der Waals surface area (Å²) in [5.41, 5.74) is 0.360. The van der Waals surface area contributed by atoms with Crippen molar-refractivity contribution in [2.24, 2.45) is 0 Å². The highest BCUT2D eigenvalue weighted by atomic mass is 15.3. The van der Waals surface area contributed by atoms with Crippen LogP contribution in [0.25, 0.3) is 0 Å². The van der Waals surface area contributed by atoms with Crippen LogP contribution in [0.1, 0.15) is 47.0 Å². The third-order valence-electron chi connectivity index (χ3n) is 4.06. The molecule has 2 aliphatic heterocycles. The first kappa shape index (κ1) is 11.4. The quantitative estimate of drug-likeness (QED) is 0.690. The number of nitrogens with zero attached hydrogens (tertiary/aromatic N) is 2. The van der Waals surface area contributed by atoms with Crippen LogP contribution in [-0.2, 0) is 0 Å². The Labute approximate surface area is 94.6 Å². The summed E-state index contributed by atoms with van der Waals surface area (Å²) < 4.78 is 0. The maximum atomic E-state index is 2.77. The summed E-state index contributed by atoms with van der Waals surface area (Å²) >= 11 is 0. The fourth-order valence-corrected chi connectivity index (χ4v) is 3.16. The lowest BCUT2D eigenvalue weighted by Crippen LogP contribution is -2.58. The van der Waals surface area contributed by atoms with E-state index in [0.717, 1.165) is 12.1 Å². The highest BCUT2D eigenvalue weighted by Gasteiger charge is 2.41. The van der Waals surface area contributed by atoms with Gasteiger partial charge in [0.25, 0.3) is 0 Å². The Morgan fingerprint density at radius 2 is 1.60 bits per heavy atom. The first-order valence-electron chi connectivity index (χ1n) is 6.53. The molecule has 2 heterocycles. The average Bonchev–Trinajstić information content (AvgIpc) is 2.40. The zero-order chi connectivity index (χ0) is 11.1. The Balaban J connectivity index is 2.02. The molecule has 2 unspecified atom stereocenters. The Kier molecular flexibility index (Phi) is 3.09. The van der Waals surface area contributed by atoms with Crippen LogP contribution in [0, 0.1) is 0 Å². The zero-order valence-electron chi connectivity index (χ0n) is 10.8. The Morgan fingerprint density at radius 3 is 2.00 bits per heavy atom. The van der Waals surface area contributed by atoms with Crippen LogP contribution in [0.2, 0.25) is 0 Å². The molecule has 15 heavy (non-hydrogen) atoms. The Bertz CT molecular complexity index is 205. The van der Waals surface area contributed by atoms with Gasteiger partial charge in [0.05, 0.1) is 0 Å². The molecule has 2 heteroatoms. The van der Waals surface area contributed by atoms with Crippen molar-refractivity contribution in [3.8, 4) is 0 Å². The number of piperazine rings is 1. The van der Waals surface area contributed by atoms with Gasteiger partial charge in [-0.05, 0) is 46.6 Å². The van der Waals surface area contributed by atoms with Crippen molar-refractivity contribution in [3.63, 3.8) is 0 Å². The average molecular weight is 210 g/mol. The smallest absolute Gasteiger partial charge is 0.0227 e. The number of likely N-dealkylation sites (tertiary alicyclic amines) is 1. The maximum Gasteiger partial charge on any atom is 0.0227 e. The molecule has 2 saturated heterocycles. The third-order valence-corrected chi connectivity index (χ3v) is 4.06. The lowest BCUT2D eigenvalue weighted by atomic mass is 10.0. The van der Waals surface area contributed by atoms with E-state index in [2.05, 4.69) is 37.5 Å². The van der Waals surface area contributed by atoms with Crippen molar-refractivity contribution in [1.82, 2.24) is 9.80 Å². The molecule has 0 aromatic rings. The summed E-state index contributed by atoms with van der Waals surface area (Å²) in [6.45, 7) is 13.2. The molecular weight excluding hydrogens is 184 g/mol. The lowest BCUT2D eigenvalue weighted by molar-refractivity contribution is 0.0159. The molecule has 88 valence electrons. The van der Waals surface area contributed by atoms with E-state index in [9.17, 15) is 0 Å². The number of hydrogen-bond acceptors (Lipinski definition) is 2. The standard InChI is InChI=1S/C13H26N2/c1-5-8-15-11-6-7-12(15)10-14(9-11)13(2,3)4/h11-12H,5-10H2,1-4H3. The lowest BCUT2D eigenvalue weighted by Gasteiger charge is -2.46. The maximum absolute atomic E-state index is 2.77. The number of fused-ring (bicyclic) bond motifs is 2. The van der Waals surface area contributed by atoms with Crippen molar-refractivity contribution in [2.45, 2.75) is 64.6 Å². The molecule has 2 nitrogen and oxygen atoms in total. The van der Waals surface area contributed by atoms with Crippen LogP contribution in [-0.4, -0.2) is 47.1 Å². The van der Waals surface area contributed by atoms with E-state index in [0.29, 0.717) is 5.54 Å². The first-order valence-corrected chi connectivity index (χ1v) is 6.53. The second-order valence-electron chi connectivity index (χ2n) is 6.20. The summed E-state index contributed by atoms with van der Waals surface area (Å²) in [5.74, 6) is 0. The van der Waals surface area contributed by atoms with E-state index in [-0.39, 0.29) is 0 Å². The molecule has 0 aromatic carbocycles. The van der Waals surface area contributed by atoms with E-state index in [1.807, 2.05) is 0 Å². The van der Waals surface area contributed by atoms with E-state index in [1.54, 1.807) is 0 Å². The van der Waals surface area contributed by atoms with Crippen LogP contribution >= 0.6 is 0 Å². The summed E-state index contributed by atoms with van der Waals surface area (Å²) in [4.78, 5) is 5.45. The first-order chi connectivity index (χ1) is 7.02. The monoisotopic (exact) mass is 210 g/mol. The molecule has 2 fully saturated rings. The minimum atomic E-state index is 0.360. The van der Waals surface area contributed by atoms with Gasteiger partial charge in [0.2, 0.25) is 0 Å². The van der Waals surface area contributed by atoms with Gasteiger partial charge in [0.15, 0.2) is 0 Å². The van der Waals surface area contributed by atoms with Gasteiger partial charge in [-0.3, -0.25) is 9.80 Å². The molecule has 0 amide bonds. The molecule has 2 aliphatic rings. The van der Waals surface area contributed by atoms with Crippen molar-refractivity contribution < 1.29 is 0 Å². The van der Waals surface area contributed by atoms with Crippen molar-refractivity contribution >= 4 is 0 Å². The Morgan fingerprint density at radius 1 is 1.07 bits per heavy atom. The molecule has 0 N–H and O–H groups in total. The van der Waals surface area contributed by atoms with E-state index < -0.39 is 0 Å². The predicted octanol–water partition coefficient (Wildman–Crippen LogP) is 2.34. The highest BCUT2D eigenvalue weighted by Crippen LogP contribution is 2.33. The summed E-state index contributed by atoms with van der Waals surface area (Å²) in [5, 5.41) is 0. The van der Waals surface area contributed by atoms with Crippen molar-refractivity contribution in [1.29, 1.82) is 0 Å². The fourth-order valence-electron chi connectivity index (χ4n) is 3.16. The van der Waals surface area contributed by atoms with Crippen LogP contribution < -0.4 is 0 Å². The van der Waals surface area contributed by atoms with Gasteiger partial charge in [0, 0.05) is 30.7 Å². The zero-order valence-corrected chi connectivity index (χ0v) is 10.8. The van der Waals surface area contributed by atoms with Gasteiger partial charge >= 0.3 is 0 Å². The fraction of sp³-hybridized carbons (Fsp3) is 1.00. The van der Waals surface area contributed by atoms with Gasteiger partial charge in [-0.15, -0.1) is 0 Å². The summed E-state index contributed by atoms with van der Waals surface area (Å²) in [6, 6.07) is 1.70. The van der Waals surface area contributed by atoms with Gasteiger partial charge in [-0.25, -0.2) is 0 Å².